The van der Waals surface area contributed by atoms with Gasteiger partial charge in [-0.3, -0.25) is 14.9 Å². The van der Waals surface area contributed by atoms with E-state index in [9.17, 15) is 14.4 Å². The second kappa shape index (κ2) is 10.3. The van der Waals surface area contributed by atoms with Crippen molar-refractivity contribution in [2.75, 3.05) is 4.90 Å². The van der Waals surface area contributed by atoms with Crippen LogP contribution in [0.1, 0.15) is 16.7 Å². The molecule has 1 heterocycles. The first-order chi connectivity index (χ1) is 16.6. The van der Waals surface area contributed by atoms with Gasteiger partial charge in [-0.2, -0.15) is 0 Å². The molecule has 0 saturated carbocycles. The fraction of sp³-hybridized carbons (Fsp3) is 0.0800. The van der Waals surface area contributed by atoms with E-state index < -0.39 is 17.8 Å². The van der Waals surface area contributed by atoms with Gasteiger partial charge in [0.1, 0.15) is 17.9 Å². The first-order valence-electron chi connectivity index (χ1n) is 10.2. The van der Waals surface area contributed by atoms with Gasteiger partial charge in [-0.1, -0.05) is 64.6 Å². The first kappa shape index (κ1) is 25.1. The van der Waals surface area contributed by atoms with E-state index in [-0.39, 0.29) is 22.9 Å². The molecule has 1 fully saturated rings. The van der Waals surface area contributed by atoms with E-state index in [2.05, 4.69) is 5.32 Å². The Morgan fingerprint density at radius 3 is 2.31 bits per heavy atom. The Labute approximate surface area is 221 Å². The molecule has 6 nitrogen and oxygen atoms in total. The monoisotopic (exact) mass is 548 g/mol. The van der Waals surface area contributed by atoms with Crippen LogP contribution in [0.15, 0.2) is 60.2 Å². The fourth-order valence-corrected chi connectivity index (χ4v) is 4.03. The molecule has 0 bridgehead atoms. The van der Waals surface area contributed by atoms with Crippen LogP contribution in [0.25, 0.3) is 6.08 Å². The summed E-state index contributed by atoms with van der Waals surface area (Å²) < 4.78 is 5.75. The third-order valence-electron chi connectivity index (χ3n) is 5.16. The molecule has 1 aliphatic rings. The molecule has 4 rings (SSSR count). The van der Waals surface area contributed by atoms with Gasteiger partial charge >= 0.3 is 6.03 Å². The average molecular weight is 550 g/mol. The van der Waals surface area contributed by atoms with E-state index in [1.165, 1.54) is 12.1 Å². The second-order valence-corrected chi connectivity index (χ2v) is 9.25. The highest BCUT2D eigenvalue weighted by molar-refractivity contribution is 6.42. The van der Waals surface area contributed by atoms with Crippen LogP contribution >= 0.6 is 46.4 Å². The Morgan fingerprint density at radius 2 is 1.63 bits per heavy atom. The van der Waals surface area contributed by atoms with Crippen molar-refractivity contribution in [1.29, 1.82) is 0 Å². The van der Waals surface area contributed by atoms with Crippen molar-refractivity contribution < 1.29 is 19.1 Å². The van der Waals surface area contributed by atoms with E-state index in [1.54, 1.807) is 55.5 Å². The van der Waals surface area contributed by atoms with Crippen LogP contribution in [0.2, 0.25) is 20.1 Å². The topological polar surface area (TPSA) is 75.7 Å². The Hall–Kier alpha value is -3.03. The summed E-state index contributed by atoms with van der Waals surface area (Å²) in [6, 6.07) is 13.8. The number of anilines is 1. The number of hydrogen-bond donors (Lipinski definition) is 1. The highest BCUT2D eigenvalue weighted by Crippen LogP contribution is 2.30. The summed E-state index contributed by atoms with van der Waals surface area (Å²) in [5.41, 5.74) is 2.05. The number of amides is 4. The molecule has 0 atom stereocenters. The minimum absolute atomic E-state index is 0.202. The third-order valence-corrected chi connectivity index (χ3v) is 6.60. The van der Waals surface area contributed by atoms with Gasteiger partial charge in [0.15, 0.2) is 0 Å². The quantitative estimate of drug-likeness (QED) is 0.279. The summed E-state index contributed by atoms with van der Waals surface area (Å²) >= 11 is 24.5. The summed E-state index contributed by atoms with van der Waals surface area (Å²) in [6.07, 6.45) is 1.35. The summed E-state index contributed by atoms with van der Waals surface area (Å²) in [6.45, 7) is 1.99. The molecule has 3 aromatic carbocycles. The van der Waals surface area contributed by atoms with E-state index >= 15 is 0 Å². The van der Waals surface area contributed by atoms with E-state index in [1.807, 2.05) is 0 Å². The molecule has 0 spiro atoms. The lowest BCUT2D eigenvalue weighted by Gasteiger charge is -2.26. The highest BCUT2D eigenvalue weighted by Gasteiger charge is 2.37. The summed E-state index contributed by atoms with van der Waals surface area (Å²) in [7, 11) is 0. The number of aryl methyl sites for hydroxylation is 1. The number of ether oxygens (including phenoxy) is 1. The second-order valence-electron chi connectivity index (χ2n) is 7.62. The smallest absolute Gasteiger partial charge is 0.335 e. The van der Waals surface area contributed by atoms with Crippen LogP contribution < -0.4 is 15.0 Å². The van der Waals surface area contributed by atoms with Gasteiger partial charge in [0.2, 0.25) is 0 Å². The maximum atomic E-state index is 13.1. The molecular weight excluding hydrogens is 534 g/mol. The van der Waals surface area contributed by atoms with Gasteiger partial charge in [0.05, 0.1) is 20.8 Å². The number of rotatable bonds is 5. The minimum atomic E-state index is -0.860. The van der Waals surface area contributed by atoms with Crippen molar-refractivity contribution in [2.45, 2.75) is 13.5 Å². The van der Waals surface area contributed by atoms with Gasteiger partial charge in [0, 0.05) is 5.02 Å². The van der Waals surface area contributed by atoms with E-state index in [0.29, 0.717) is 26.4 Å². The van der Waals surface area contributed by atoms with Crippen LogP contribution in [0.5, 0.6) is 5.75 Å². The molecule has 4 amide bonds. The van der Waals surface area contributed by atoms with Gasteiger partial charge in [-0.15, -0.1) is 0 Å². The molecule has 1 saturated heterocycles. The van der Waals surface area contributed by atoms with Crippen molar-refractivity contribution in [2.24, 2.45) is 0 Å². The largest absolute Gasteiger partial charge is 0.487 e. The van der Waals surface area contributed by atoms with Crippen molar-refractivity contribution in [3.8, 4) is 5.75 Å². The number of carbonyl (C=O) groups is 3. The molecule has 0 unspecified atom stereocenters. The third kappa shape index (κ3) is 5.46. The number of benzene rings is 3. The Bertz CT molecular complexity index is 1400. The number of nitrogens with zero attached hydrogens (tertiary/aromatic N) is 1. The van der Waals surface area contributed by atoms with Crippen molar-refractivity contribution in [3.05, 3.63) is 97.0 Å². The molecule has 0 aliphatic carbocycles. The highest BCUT2D eigenvalue weighted by atomic mass is 35.5. The van der Waals surface area contributed by atoms with Gasteiger partial charge in [0.25, 0.3) is 11.8 Å². The number of halogens is 4. The standard InChI is InChI=1S/C25H16Cl4N2O4/c1-13-2-5-16(11-19(13)27)31-24(33)17(23(32)30-25(31)34)8-14-4-7-22(21(29)9-14)35-12-15-3-6-18(26)20(28)10-15/h2-11H,12H2,1H3,(H,30,32,34)/b17-8+. The average Bonchev–Trinajstić information content (AvgIpc) is 2.80. The number of carbonyl (C=O) groups excluding carboxylic acids is 3. The Kier molecular flexibility index (Phi) is 7.38. The Balaban J connectivity index is 1.56. The molecule has 1 aliphatic heterocycles. The maximum Gasteiger partial charge on any atom is 0.335 e. The Morgan fingerprint density at radius 1 is 0.857 bits per heavy atom. The van der Waals surface area contributed by atoms with Gasteiger partial charge in [-0.05, 0) is 66.1 Å². The molecule has 35 heavy (non-hydrogen) atoms. The number of nitrogens with one attached hydrogen (secondary N) is 1. The predicted octanol–water partition coefficient (Wildman–Crippen LogP) is 6.85. The van der Waals surface area contributed by atoms with E-state index in [0.717, 1.165) is 16.0 Å². The van der Waals surface area contributed by atoms with Crippen LogP contribution in [-0.2, 0) is 16.2 Å². The normalized spacial score (nSPS) is 14.9. The van der Waals surface area contributed by atoms with Crippen LogP contribution in [0.3, 0.4) is 0 Å². The first-order valence-corrected chi connectivity index (χ1v) is 11.7. The minimum Gasteiger partial charge on any atom is -0.487 e. The lowest BCUT2D eigenvalue weighted by molar-refractivity contribution is -0.122. The molecule has 0 aromatic heterocycles. The van der Waals surface area contributed by atoms with Gasteiger partial charge < -0.3 is 4.74 Å². The zero-order chi connectivity index (χ0) is 25.3. The number of hydrogen-bond acceptors (Lipinski definition) is 4. The zero-order valence-corrected chi connectivity index (χ0v) is 21.1. The molecular formula is C25H16Cl4N2O4. The van der Waals surface area contributed by atoms with Crippen molar-refractivity contribution in [3.63, 3.8) is 0 Å². The van der Waals surface area contributed by atoms with E-state index in [4.69, 9.17) is 51.1 Å². The van der Waals surface area contributed by atoms with Crippen molar-refractivity contribution >= 4 is 76.0 Å². The SMILES string of the molecule is Cc1ccc(N2C(=O)NC(=O)/C(=C\c3ccc(OCc4ccc(Cl)c(Cl)c4)c(Cl)c3)C2=O)cc1Cl. The molecule has 1 N–H and O–H groups in total. The summed E-state index contributed by atoms with van der Waals surface area (Å²) in [5.74, 6) is -1.20. The lowest BCUT2D eigenvalue weighted by atomic mass is 10.1. The lowest BCUT2D eigenvalue weighted by Crippen LogP contribution is -2.54. The molecule has 3 aromatic rings. The molecule has 178 valence electrons. The molecule has 10 heteroatoms. The summed E-state index contributed by atoms with van der Waals surface area (Å²) in [4.78, 5) is 38.7. The van der Waals surface area contributed by atoms with Gasteiger partial charge in [-0.25, -0.2) is 9.69 Å². The fourth-order valence-electron chi connectivity index (χ4n) is 3.29. The maximum absolute atomic E-state index is 13.1. The predicted molar refractivity (Wildman–Crippen MR) is 137 cm³/mol. The number of imide groups is 2. The van der Waals surface area contributed by atoms with Crippen molar-refractivity contribution in [1.82, 2.24) is 5.32 Å². The van der Waals surface area contributed by atoms with Crippen LogP contribution in [-0.4, -0.2) is 17.8 Å². The summed E-state index contributed by atoms with van der Waals surface area (Å²) in [5, 5.41) is 3.68. The number of urea groups is 1. The number of barbiturate groups is 1. The zero-order valence-electron chi connectivity index (χ0n) is 18.1. The molecule has 0 radical (unpaired) electrons. The van der Waals surface area contributed by atoms with Crippen LogP contribution in [0.4, 0.5) is 10.5 Å². The van der Waals surface area contributed by atoms with Crippen LogP contribution in [0, 0.1) is 6.92 Å².